The van der Waals surface area contributed by atoms with Crippen molar-refractivity contribution in [3.8, 4) is 0 Å². The molecule has 2 aromatic rings. The summed E-state index contributed by atoms with van der Waals surface area (Å²) in [6, 6.07) is 7.78. The summed E-state index contributed by atoms with van der Waals surface area (Å²) in [6.07, 6.45) is 5.39. The predicted octanol–water partition coefficient (Wildman–Crippen LogP) is 2.39. The van der Waals surface area contributed by atoms with Crippen LogP contribution in [0.3, 0.4) is 0 Å². The fourth-order valence-corrected chi connectivity index (χ4v) is 2.24. The first-order valence-corrected chi connectivity index (χ1v) is 6.51. The van der Waals surface area contributed by atoms with Crippen LogP contribution in [0.4, 0.5) is 0 Å². The van der Waals surface area contributed by atoms with E-state index in [1.807, 2.05) is 30.5 Å². The van der Waals surface area contributed by atoms with Gasteiger partial charge in [-0.3, -0.25) is 9.98 Å². The van der Waals surface area contributed by atoms with Crippen molar-refractivity contribution in [2.24, 2.45) is 4.99 Å². The number of halogens is 1. The lowest BCUT2D eigenvalue weighted by molar-refractivity contribution is 0.452. The highest BCUT2D eigenvalue weighted by Crippen LogP contribution is 2.15. The molecule has 5 heteroatoms. The molecule has 0 bridgehead atoms. The van der Waals surface area contributed by atoms with Crippen molar-refractivity contribution < 1.29 is 0 Å². The van der Waals surface area contributed by atoms with E-state index in [-0.39, 0.29) is 0 Å². The van der Waals surface area contributed by atoms with E-state index in [9.17, 15) is 0 Å². The van der Waals surface area contributed by atoms with Crippen LogP contribution in [-0.2, 0) is 6.54 Å². The molecule has 0 aliphatic carbocycles. The number of hydrogen-bond acceptors (Lipinski definition) is 4. The molecule has 3 heterocycles. The Labute approximate surface area is 116 Å². The van der Waals surface area contributed by atoms with Crippen LogP contribution >= 0.6 is 11.6 Å². The summed E-state index contributed by atoms with van der Waals surface area (Å²) >= 11 is 5.80. The molecule has 0 saturated carbocycles. The topological polar surface area (TPSA) is 41.4 Å². The van der Waals surface area contributed by atoms with E-state index in [2.05, 4.69) is 19.9 Å². The van der Waals surface area contributed by atoms with Crippen molar-refractivity contribution in [3.05, 3.63) is 59.1 Å². The largest absolute Gasteiger partial charge is 0.350 e. The maximum atomic E-state index is 5.80. The molecular weight excluding hydrogens is 260 g/mol. The van der Waals surface area contributed by atoms with Crippen molar-refractivity contribution in [3.63, 3.8) is 0 Å². The van der Waals surface area contributed by atoms with Gasteiger partial charge in [-0.15, -0.1) is 0 Å². The molecule has 96 valence electrons. The molecule has 0 aromatic carbocycles. The number of pyridine rings is 2. The lowest BCUT2D eigenvalue weighted by Gasteiger charge is -2.20. The highest BCUT2D eigenvalue weighted by molar-refractivity contribution is 6.29. The second-order valence-corrected chi connectivity index (χ2v) is 4.74. The summed E-state index contributed by atoms with van der Waals surface area (Å²) in [7, 11) is 0. The maximum absolute atomic E-state index is 5.80. The SMILES string of the molecule is Clc1ccc(CN2CCN=C2c2ccncc2)cn1. The van der Waals surface area contributed by atoms with Gasteiger partial charge in [-0.2, -0.15) is 0 Å². The Bertz CT molecular complexity index is 580. The predicted molar refractivity (Wildman–Crippen MR) is 75.3 cm³/mol. The van der Waals surface area contributed by atoms with Crippen molar-refractivity contribution in [2.45, 2.75) is 6.54 Å². The van der Waals surface area contributed by atoms with Crippen molar-refractivity contribution in [2.75, 3.05) is 13.1 Å². The quantitative estimate of drug-likeness (QED) is 0.806. The van der Waals surface area contributed by atoms with Gasteiger partial charge in [-0.05, 0) is 23.8 Å². The zero-order valence-corrected chi connectivity index (χ0v) is 11.1. The van der Waals surface area contributed by atoms with Crippen molar-refractivity contribution in [1.29, 1.82) is 0 Å². The van der Waals surface area contributed by atoms with Crippen LogP contribution in [0.25, 0.3) is 0 Å². The molecular formula is C14H13ClN4. The van der Waals surface area contributed by atoms with Gasteiger partial charge in [-0.25, -0.2) is 4.98 Å². The minimum Gasteiger partial charge on any atom is -0.350 e. The normalized spacial score (nSPS) is 14.6. The van der Waals surface area contributed by atoms with Crippen LogP contribution in [0.2, 0.25) is 5.15 Å². The fraction of sp³-hybridized carbons (Fsp3) is 0.214. The number of hydrogen-bond donors (Lipinski definition) is 0. The standard InChI is InChI=1S/C14H13ClN4/c15-13-2-1-11(9-18-13)10-19-8-7-17-14(19)12-3-5-16-6-4-12/h1-6,9H,7-8,10H2. The Hall–Kier alpha value is -1.94. The van der Waals surface area contributed by atoms with E-state index >= 15 is 0 Å². The zero-order chi connectivity index (χ0) is 13.1. The second-order valence-electron chi connectivity index (χ2n) is 4.35. The number of aromatic nitrogens is 2. The summed E-state index contributed by atoms with van der Waals surface area (Å²) in [6.45, 7) is 2.56. The zero-order valence-electron chi connectivity index (χ0n) is 10.3. The Balaban J connectivity index is 1.78. The smallest absolute Gasteiger partial charge is 0.131 e. The third kappa shape index (κ3) is 2.74. The maximum Gasteiger partial charge on any atom is 0.131 e. The Morgan fingerprint density at radius 2 is 2.00 bits per heavy atom. The molecule has 1 aliphatic heterocycles. The van der Waals surface area contributed by atoms with Gasteiger partial charge in [0.05, 0.1) is 6.54 Å². The molecule has 0 unspecified atom stereocenters. The lowest BCUT2D eigenvalue weighted by atomic mass is 10.2. The number of rotatable bonds is 3. The van der Waals surface area contributed by atoms with E-state index in [4.69, 9.17) is 11.6 Å². The molecule has 0 amide bonds. The van der Waals surface area contributed by atoms with Gasteiger partial charge < -0.3 is 4.90 Å². The highest BCUT2D eigenvalue weighted by atomic mass is 35.5. The summed E-state index contributed by atoms with van der Waals surface area (Å²) in [4.78, 5) is 15.0. The second kappa shape index (κ2) is 5.36. The Morgan fingerprint density at radius 3 is 2.74 bits per heavy atom. The van der Waals surface area contributed by atoms with Crippen LogP contribution < -0.4 is 0 Å². The van der Waals surface area contributed by atoms with Crippen LogP contribution in [0.5, 0.6) is 0 Å². The van der Waals surface area contributed by atoms with Gasteiger partial charge in [0.2, 0.25) is 0 Å². The van der Waals surface area contributed by atoms with E-state index in [1.54, 1.807) is 12.4 Å². The van der Waals surface area contributed by atoms with E-state index in [0.29, 0.717) is 5.15 Å². The third-order valence-electron chi connectivity index (χ3n) is 3.03. The third-order valence-corrected chi connectivity index (χ3v) is 3.26. The number of nitrogens with zero attached hydrogens (tertiary/aromatic N) is 4. The van der Waals surface area contributed by atoms with Crippen LogP contribution in [-0.4, -0.2) is 33.8 Å². The van der Waals surface area contributed by atoms with E-state index in [1.165, 1.54) is 0 Å². The first-order valence-electron chi connectivity index (χ1n) is 6.13. The summed E-state index contributed by atoms with van der Waals surface area (Å²) in [5, 5.41) is 0.521. The van der Waals surface area contributed by atoms with Gasteiger partial charge >= 0.3 is 0 Å². The minimum absolute atomic E-state index is 0.521. The number of aliphatic imine (C=N–C) groups is 1. The molecule has 0 radical (unpaired) electrons. The van der Waals surface area contributed by atoms with Crippen molar-refractivity contribution in [1.82, 2.24) is 14.9 Å². The van der Waals surface area contributed by atoms with E-state index in [0.717, 1.165) is 36.6 Å². The molecule has 0 fully saturated rings. The molecule has 1 aliphatic rings. The van der Waals surface area contributed by atoms with Gasteiger partial charge in [0, 0.05) is 37.2 Å². The van der Waals surface area contributed by atoms with Gasteiger partial charge in [0.15, 0.2) is 0 Å². The van der Waals surface area contributed by atoms with Crippen LogP contribution in [0, 0.1) is 0 Å². The Morgan fingerprint density at radius 1 is 1.16 bits per heavy atom. The fourth-order valence-electron chi connectivity index (χ4n) is 2.13. The summed E-state index contributed by atoms with van der Waals surface area (Å²) < 4.78 is 0. The average molecular weight is 273 g/mol. The average Bonchev–Trinajstić information content (AvgIpc) is 2.90. The van der Waals surface area contributed by atoms with Gasteiger partial charge in [0.1, 0.15) is 11.0 Å². The van der Waals surface area contributed by atoms with Gasteiger partial charge in [-0.1, -0.05) is 17.7 Å². The first-order chi connectivity index (χ1) is 9.33. The van der Waals surface area contributed by atoms with Crippen LogP contribution in [0.15, 0.2) is 47.8 Å². The van der Waals surface area contributed by atoms with Crippen molar-refractivity contribution >= 4 is 17.4 Å². The molecule has 4 nitrogen and oxygen atoms in total. The lowest BCUT2D eigenvalue weighted by Crippen LogP contribution is -2.28. The molecule has 0 saturated heterocycles. The molecule has 0 N–H and O–H groups in total. The van der Waals surface area contributed by atoms with Gasteiger partial charge in [0.25, 0.3) is 0 Å². The summed E-state index contributed by atoms with van der Waals surface area (Å²) in [5.74, 6) is 1.03. The summed E-state index contributed by atoms with van der Waals surface area (Å²) in [5.41, 5.74) is 2.24. The molecule has 2 aromatic heterocycles. The Kier molecular flexibility index (Phi) is 3.42. The van der Waals surface area contributed by atoms with Crippen LogP contribution in [0.1, 0.15) is 11.1 Å². The minimum atomic E-state index is 0.521. The monoisotopic (exact) mass is 272 g/mol. The highest BCUT2D eigenvalue weighted by Gasteiger charge is 2.18. The molecule has 0 atom stereocenters. The molecule has 19 heavy (non-hydrogen) atoms. The molecule has 0 spiro atoms. The molecule has 3 rings (SSSR count). The van der Waals surface area contributed by atoms with E-state index < -0.39 is 0 Å². The number of amidine groups is 1. The first kappa shape index (κ1) is 12.1.